The predicted octanol–water partition coefficient (Wildman–Crippen LogP) is 0.169. The summed E-state index contributed by atoms with van der Waals surface area (Å²) in [6, 6.07) is 1.80. The van der Waals surface area contributed by atoms with E-state index in [0.29, 0.717) is 38.3 Å². The van der Waals surface area contributed by atoms with E-state index in [9.17, 15) is 13.2 Å². The summed E-state index contributed by atoms with van der Waals surface area (Å²) in [5.41, 5.74) is 0.832. The van der Waals surface area contributed by atoms with Crippen molar-refractivity contribution >= 4 is 15.9 Å². The molecule has 1 aliphatic rings. The normalized spacial score (nSPS) is 16.9. The van der Waals surface area contributed by atoms with Crippen molar-refractivity contribution < 1.29 is 13.2 Å². The number of imidazole rings is 1. The lowest BCUT2D eigenvalue weighted by molar-refractivity contribution is -0.126. The number of carbonyl (C=O) groups is 1. The van der Waals surface area contributed by atoms with Gasteiger partial charge < -0.3 is 9.88 Å². The smallest absolute Gasteiger partial charge is 0.262 e. The van der Waals surface area contributed by atoms with Crippen molar-refractivity contribution in [2.24, 2.45) is 13.0 Å². The minimum atomic E-state index is -3.60. The lowest BCUT2D eigenvalue weighted by Crippen LogP contribution is -2.43. The average Bonchev–Trinajstić information content (AvgIpc) is 3.23. The highest BCUT2D eigenvalue weighted by Crippen LogP contribution is 2.23. The summed E-state index contributed by atoms with van der Waals surface area (Å²) in [6.07, 6.45) is 4.15. The molecule has 10 heteroatoms. The molecule has 0 aromatic carbocycles. The number of carbonyl (C=O) groups excluding carboxylic acids is 1. The topological polar surface area (TPSA) is 113 Å². The van der Waals surface area contributed by atoms with E-state index < -0.39 is 10.0 Å². The summed E-state index contributed by atoms with van der Waals surface area (Å²) in [4.78, 5) is 16.4. The second-order valence-corrected chi connectivity index (χ2v) is 8.10. The van der Waals surface area contributed by atoms with Crippen LogP contribution in [-0.4, -0.2) is 51.5 Å². The molecule has 2 aromatic heterocycles. The van der Waals surface area contributed by atoms with Gasteiger partial charge >= 0.3 is 0 Å². The van der Waals surface area contributed by atoms with E-state index in [1.807, 2.05) is 0 Å². The molecule has 1 aliphatic heterocycles. The molecule has 0 aliphatic carbocycles. The van der Waals surface area contributed by atoms with Crippen LogP contribution in [0.15, 0.2) is 23.5 Å². The number of H-pyrrole nitrogens is 1. The van der Waals surface area contributed by atoms with Crippen LogP contribution < -0.4 is 5.32 Å². The van der Waals surface area contributed by atoms with Crippen molar-refractivity contribution in [1.82, 2.24) is 29.4 Å². The first-order chi connectivity index (χ1) is 11.9. The lowest BCUT2D eigenvalue weighted by atomic mass is 9.97. The van der Waals surface area contributed by atoms with Crippen LogP contribution in [0.2, 0.25) is 0 Å². The highest BCUT2D eigenvalue weighted by atomic mass is 32.2. The van der Waals surface area contributed by atoms with Crippen molar-refractivity contribution in [3.05, 3.63) is 30.0 Å². The van der Waals surface area contributed by atoms with E-state index in [2.05, 4.69) is 20.5 Å². The van der Waals surface area contributed by atoms with Crippen LogP contribution in [0.3, 0.4) is 0 Å². The molecule has 1 saturated heterocycles. The molecule has 0 bridgehead atoms. The second-order valence-electron chi connectivity index (χ2n) is 6.22. The summed E-state index contributed by atoms with van der Waals surface area (Å²) < 4.78 is 28.4. The Morgan fingerprint density at radius 3 is 2.68 bits per heavy atom. The van der Waals surface area contributed by atoms with E-state index in [4.69, 9.17) is 0 Å². The molecule has 2 aromatic rings. The Bertz CT molecular complexity index is 815. The standard InChI is InChI=1S/C15H22N6O3S/c1-11-18-14(10-20(11)2)25(23,24)21-7-4-12(5-8-21)15(22)16-9-13-3-6-17-19-13/h3,6,10,12H,4-5,7-9H2,1-2H3,(H,16,22)(H,17,19). The Balaban J connectivity index is 1.56. The van der Waals surface area contributed by atoms with Gasteiger partial charge in [0.1, 0.15) is 5.82 Å². The fourth-order valence-corrected chi connectivity index (χ4v) is 4.35. The van der Waals surface area contributed by atoms with Gasteiger partial charge in [-0.3, -0.25) is 9.89 Å². The molecule has 0 spiro atoms. The van der Waals surface area contributed by atoms with Gasteiger partial charge in [0, 0.05) is 38.4 Å². The van der Waals surface area contributed by atoms with E-state index in [1.165, 1.54) is 10.5 Å². The monoisotopic (exact) mass is 366 g/mol. The quantitative estimate of drug-likeness (QED) is 0.783. The number of amides is 1. The van der Waals surface area contributed by atoms with Gasteiger partial charge in [0.05, 0.1) is 12.2 Å². The zero-order valence-electron chi connectivity index (χ0n) is 14.3. The number of hydrogen-bond donors (Lipinski definition) is 2. The van der Waals surface area contributed by atoms with Crippen LogP contribution in [0.1, 0.15) is 24.4 Å². The number of aromatic amines is 1. The Labute approximate surface area is 146 Å². The molecule has 3 rings (SSSR count). The molecule has 0 unspecified atom stereocenters. The maximum absolute atomic E-state index is 12.6. The second kappa shape index (κ2) is 6.96. The van der Waals surface area contributed by atoms with E-state index in [1.54, 1.807) is 30.8 Å². The lowest BCUT2D eigenvalue weighted by Gasteiger charge is -2.29. The first-order valence-corrected chi connectivity index (χ1v) is 9.58. The van der Waals surface area contributed by atoms with Crippen LogP contribution >= 0.6 is 0 Å². The summed E-state index contributed by atoms with van der Waals surface area (Å²) in [6.45, 7) is 2.79. The number of nitrogens with one attached hydrogen (secondary N) is 2. The Kier molecular flexibility index (Phi) is 4.91. The van der Waals surface area contributed by atoms with Crippen LogP contribution in [-0.2, 0) is 28.4 Å². The molecule has 9 nitrogen and oxygen atoms in total. The molecule has 1 amide bonds. The fourth-order valence-electron chi connectivity index (χ4n) is 2.85. The van der Waals surface area contributed by atoms with E-state index in [0.717, 1.165) is 5.69 Å². The van der Waals surface area contributed by atoms with Crippen LogP contribution in [0.25, 0.3) is 0 Å². The molecule has 136 valence electrons. The number of hydrogen-bond acceptors (Lipinski definition) is 5. The molecule has 3 heterocycles. The zero-order chi connectivity index (χ0) is 18.0. The first-order valence-electron chi connectivity index (χ1n) is 8.14. The van der Waals surface area contributed by atoms with Gasteiger partial charge in [0.2, 0.25) is 5.91 Å². The number of sulfonamides is 1. The van der Waals surface area contributed by atoms with Gasteiger partial charge in [-0.1, -0.05) is 0 Å². The third-order valence-electron chi connectivity index (χ3n) is 4.53. The average molecular weight is 366 g/mol. The zero-order valence-corrected chi connectivity index (χ0v) is 15.1. The number of rotatable bonds is 5. The Morgan fingerprint density at radius 2 is 2.12 bits per heavy atom. The van der Waals surface area contributed by atoms with Gasteiger partial charge in [0.25, 0.3) is 10.0 Å². The van der Waals surface area contributed by atoms with Crippen LogP contribution in [0.5, 0.6) is 0 Å². The molecule has 25 heavy (non-hydrogen) atoms. The minimum absolute atomic E-state index is 0.0553. The summed E-state index contributed by atoms with van der Waals surface area (Å²) in [5, 5.41) is 9.54. The largest absolute Gasteiger partial charge is 0.350 e. The maximum atomic E-state index is 12.6. The SMILES string of the molecule is Cc1nc(S(=O)(=O)N2CCC(C(=O)NCc3ccn[nH]3)CC2)cn1C. The van der Waals surface area contributed by atoms with Crippen molar-refractivity contribution in [3.63, 3.8) is 0 Å². The molecular weight excluding hydrogens is 344 g/mol. The van der Waals surface area contributed by atoms with Crippen molar-refractivity contribution in [2.75, 3.05) is 13.1 Å². The molecular formula is C15H22N6O3S. The Hall–Kier alpha value is -2.20. The summed E-state index contributed by atoms with van der Waals surface area (Å²) in [5.74, 6) is 0.409. The van der Waals surface area contributed by atoms with Gasteiger partial charge in [-0.15, -0.1) is 0 Å². The van der Waals surface area contributed by atoms with Crippen LogP contribution in [0, 0.1) is 12.8 Å². The molecule has 0 saturated carbocycles. The first kappa shape index (κ1) is 17.6. The van der Waals surface area contributed by atoms with E-state index in [-0.39, 0.29) is 16.9 Å². The third-order valence-corrected chi connectivity index (χ3v) is 6.30. The van der Waals surface area contributed by atoms with Gasteiger partial charge in [-0.05, 0) is 25.8 Å². The van der Waals surface area contributed by atoms with E-state index >= 15 is 0 Å². The molecule has 1 fully saturated rings. The number of nitrogens with zero attached hydrogens (tertiary/aromatic N) is 4. The maximum Gasteiger partial charge on any atom is 0.262 e. The minimum Gasteiger partial charge on any atom is -0.350 e. The van der Waals surface area contributed by atoms with Gasteiger partial charge in [-0.2, -0.15) is 9.40 Å². The van der Waals surface area contributed by atoms with Crippen molar-refractivity contribution in [2.45, 2.75) is 31.3 Å². The molecule has 0 atom stereocenters. The number of aromatic nitrogens is 4. The number of piperidine rings is 1. The highest BCUT2D eigenvalue weighted by molar-refractivity contribution is 7.89. The predicted molar refractivity (Wildman–Crippen MR) is 89.9 cm³/mol. The Morgan fingerprint density at radius 1 is 1.40 bits per heavy atom. The molecule has 2 N–H and O–H groups in total. The van der Waals surface area contributed by atoms with Gasteiger partial charge in [0.15, 0.2) is 5.03 Å². The third kappa shape index (κ3) is 3.74. The van der Waals surface area contributed by atoms with Crippen LogP contribution in [0.4, 0.5) is 0 Å². The summed E-state index contributed by atoms with van der Waals surface area (Å²) >= 11 is 0. The van der Waals surface area contributed by atoms with Crippen molar-refractivity contribution in [1.29, 1.82) is 0 Å². The highest BCUT2D eigenvalue weighted by Gasteiger charge is 2.33. The summed E-state index contributed by atoms with van der Waals surface area (Å²) in [7, 11) is -1.84. The number of aryl methyl sites for hydroxylation is 2. The molecule has 0 radical (unpaired) electrons. The van der Waals surface area contributed by atoms with Crippen molar-refractivity contribution in [3.8, 4) is 0 Å². The van der Waals surface area contributed by atoms with Gasteiger partial charge in [-0.25, -0.2) is 13.4 Å². The fraction of sp³-hybridized carbons (Fsp3) is 0.533.